The molecule has 0 fully saturated rings. The minimum atomic E-state index is -0.232. The molecule has 0 saturated carbocycles. The van der Waals surface area contributed by atoms with E-state index in [2.05, 4.69) is 10.1 Å². The first-order valence-corrected chi connectivity index (χ1v) is 6.33. The number of benzene rings is 2. The molecule has 1 aromatic heterocycles. The molecule has 0 bridgehead atoms. The number of nitrogens with two attached hydrogens (primary N) is 1. The molecule has 21 heavy (non-hydrogen) atoms. The molecule has 0 atom stereocenters. The van der Waals surface area contributed by atoms with Crippen LogP contribution in [-0.4, -0.2) is 20.4 Å². The van der Waals surface area contributed by atoms with Crippen molar-refractivity contribution in [2.24, 2.45) is 5.73 Å². The molecule has 0 radical (unpaired) electrons. The van der Waals surface area contributed by atoms with Crippen LogP contribution < -0.4 is 5.73 Å². The van der Waals surface area contributed by atoms with Gasteiger partial charge in [-0.2, -0.15) is 4.98 Å². The number of phenols is 2. The highest BCUT2D eigenvalue weighted by molar-refractivity contribution is 5.63. The van der Waals surface area contributed by atoms with Crippen molar-refractivity contribution in [3.63, 3.8) is 0 Å². The fraction of sp³-hybridized carbons (Fsp3) is 0.0667. The van der Waals surface area contributed by atoms with Gasteiger partial charge in [0.05, 0.1) is 0 Å². The standard InChI is InChI=1S/C15H13N3O3/c16-8-9-2-1-3-11(6-9)15-17-14(18-21-15)10-4-5-12(19)13(20)7-10/h1-7,19-20H,8,16H2. The third-order valence-electron chi connectivity index (χ3n) is 3.07. The Hall–Kier alpha value is -2.86. The van der Waals surface area contributed by atoms with E-state index in [1.165, 1.54) is 12.1 Å². The smallest absolute Gasteiger partial charge is 0.258 e. The predicted octanol–water partition coefficient (Wildman–Crippen LogP) is 2.27. The van der Waals surface area contributed by atoms with Crippen molar-refractivity contribution in [1.82, 2.24) is 10.1 Å². The summed E-state index contributed by atoms with van der Waals surface area (Å²) >= 11 is 0. The van der Waals surface area contributed by atoms with Gasteiger partial charge in [0.15, 0.2) is 11.5 Å². The largest absolute Gasteiger partial charge is 0.504 e. The van der Waals surface area contributed by atoms with Gasteiger partial charge in [0, 0.05) is 17.7 Å². The SMILES string of the molecule is NCc1cccc(-c2nc(-c3ccc(O)c(O)c3)no2)c1. The molecular weight excluding hydrogens is 270 g/mol. The van der Waals surface area contributed by atoms with Crippen LogP contribution in [0.4, 0.5) is 0 Å². The molecule has 0 amide bonds. The van der Waals surface area contributed by atoms with Crippen LogP contribution in [0.3, 0.4) is 0 Å². The van der Waals surface area contributed by atoms with E-state index >= 15 is 0 Å². The molecule has 0 aliphatic heterocycles. The second-order valence-electron chi connectivity index (χ2n) is 4.53. The summed E-state index contributed by atoms with van der Waals surface area (Å²) in [5.41, 5.74) is 7.90. The third-order valence-corrected chi connectivity index (χ3v) is 3.07. The predicted molar refractivity (Wildman–Crippen MR) is 76.4 cm³/mol. The average Bonchev–Trinajstić information content (AvgIpc) is 3.00. The van der Waals surface area contributed by atoms with E-state index in [1.54, 1.807) is 6.07 Å². The average molecular weight is 283 g/mol. The van der Waals surface area contributed by atoms with Crippen LogP contribution in [0.25, 0.3) is 22.8 Å². The van der Waals surface area contributed by atoms with Crippen molar-refractivity contribution in [3.05, 3.63) is 48.0 Å². The summed E-state index contributed by atoms with van der Waals surface area (Å²) in [6.45, 7) is 0.431. The second kappa shape index (κ2) is 5.26. The first kappa shape index (κ1) is 13.1. The van der Waals surface area contributed by atoms with Crippen LogP contribution in [0.15, 0.2) is 47.0 Å². The first-order chi connectivity index (χ1) is 10.2. The van der Waals surface area contributed by atoms with Crippen molar-refractivity contribution in [1.29, 1.82) is 0 Å². The number of hydrogen-bond acceptors (Lipinski definition) is 6. The van der Waals surface area contributed by atoms with E-state index in [4.69, 9.17) is 10.3 Å². The van der Waals surface area contributed by atoms with Gasteiger partial charge in [-0.1, -0.05) is 17.3 Å². The lowest BCUT2D eigenvalue weighted by atomic mass is 10.1. The highest BCUT2D eigenvalue weighted by Crippen LogP contribution is 2.30. The summed E-state index contributed by atoms with van der Waals surface area (Å²) in [7, 11) is 0. The monoisotopic (exact) mass is 283 g/mol. The van der Waals surface area contributed by atoms with Crippen molar-refractivity contribution in [2.45, 2.75) is 6.54 Å². The number of aromatic nitrogens is 2. The molecular formula is C15H13N3O3. The van der Waals surface area contributed by atoms with E-state index < -0.39 is 0 Å². The first-order valence-electron chi connectivity index (χ1n) is 6.33. The Bertz CT molecular complexity index is 783. The van der Waals surface area contributed by atoms with Crippen molar-refractivity contribution in [3.8, 4) is 34.3 Å². The molecule has 0 aliphatic carbocycles. The second-order valence-corrected chi connectivity index (χ2v) is 4.53. The summed E-state index contributed by atoms with van der Waals surface area (Å²) in [5.74, 6) is 0.272. The minimum Gasteiger partial charge on any atom is -0.504 e. The zero-order valence-electron chi connectivity index (χ0n) is 11.0. The molecule has 6 heteroatoms. The van der Waals surface area contributed by atoms with Gasteiger partial charge in [0.2, 0.25) is 5.82 Å². The van der Waals surface area contributed by atoms with E-state index in [1.807, 2.05) is 24.3 Å². The van der Waals surface area contributed by atoms with Crippen molar-refractivity contribution < 1.29 is 14.7 Å². The number of aromatic hydroxyl groups is 2. The maximum absolute atomic E-state index is 9.50. The Morgan fingerprint density at radius 1 is 1.00 bits per heavy atom. The van der Waals surface area contributed by atoms with Crippen LogP contribution in [0.1, 0.15) is 5.56 Å². The van der Waals surface area contributed by atoms with Crippen LogP contribution in [-0.2, 0) is 6.54 Å². The zero-order valence-corrected chi connectivity index (χ0v) is 11.0. The lowest BCUT2D eigenvalue weighted by Crippen LogP contribution is -1.95. The highest BCUT2D eigenvalue weighted by Gasteiger charge is 2.12. The van der Waals surface area contributed by atoms with Crippen LogP contribution in [0.5, 0.6) is 11.5 Å². The lowest BCUT2D eigenvalue weighted by molar-refractivity contribution is 0.404. The zero-order chi connectivity index (χ0) is 14.8. The quantitative estimate of drug-likeness (QED) is 0.637. The number of hydrogen-bond donors (Lipinski definition) is 3. The molecule has 4 N–H and O–H groups in total. The van der Waals surface area contributed by atoms with Gasteiger partial charge in [0.1, 0.15) is 0 Å². The summed E-state index contributed by atoms with van der Waals surface area (Å²) in [6, 6.07) is 11.9. The molecule has 6 nitrogen and oxygen atoms in total. The number of phenolic OH excluding ortho intramolecular Hbond substituents is 2. The normalized spacial score (nSPS) is 10.7. The molecule has 3 aromatic rings. The Kier molecular flexibility index (Phi) is 3.29. The number of rotatable bonds is 3. The van der Waals surface area contributed by atoms with Gasteiger partial charge in [-0.05, 0) is 35.9 Å². The van der Waals surface area contributed by atoms with Crippen LogP contribution in [0.2, 0.25) is 0 Å². The Morgan fingerprint density at radius 3 is 2.62 bits per heavy atom. The topological polar surface area (TPSA) is 105 Å². The van der Waals surface area contributed by atoms with Gasteiger partial charge in [-0.25, -0.2) is 0 Å². The fourth-order valence-corrected chi connectivity index (χ4v) is 1.95. The molecule has 2 aromatic carbocycles. The molecule has 106 valence electrons. The van der Waals surface area contributed by atoms with Gasteiger partial charge in [-0.3, -0.25) is 0 Å². The van der Waals surface area contributed by atoms with Crippen molar-refractivity contribution >= 4 is 0 Å². The van der Waals surface area contributed by atoms with E-state index in [0.29, 0.717) is 23.8 Å². The highest BCUT2D eigenvalue weighted by atomic mass is 16.5. The summed E-state index contributed by atoms with van der Waals surface area (Å²) in [5, 5.41) is 22.7. The Labute approximate surface area is 120 Å². The maximum Gasteiger partial charge on any atom is 0.258 e. The molecule has 0 spiro atoms. The summed E-state index contributed by atoms with van der Waals surface area (Å²) < 4.78 is 5.23. The van der Waals surface area contributed by atoms with Gasteiger partial charge in [-0.15, -0.1) is 0 Å². The van der Waals surface area contributed by atoms with Gasteiger partial charge >= 0.3 is 0 Å². The maximum atomic E-state index is 9.50. The summed E-state index contributed by atoms with van der Waals surface area (Å²) in [6.07, 6.45) is 0. The van der Waals surface area contributed by atoms with E-state index in [9.17, 15) is 10.2 Å². The third kappa shape index (κ3) is 2.56. The van der Waals surface area contributed by atoms with Gasteiger partial charge < -0.3 is 20.5 Å². The van der Waals surface area contributed by atoms with E-state index in [-0.39, 0.29) is 11.5 Å². The minimum absolute atomic E-state index is 0.196. The van der Waals surface area contributed by atoms with E-state index in [0.717, 1.165) is 11.1 Å². The lowest BCUT2D eigenvalue weighted by Gasteiger charge is -1.99. The van der Waals surface area contributed by atoms with Crippen LogP contribution in [0, 0.1) is 0 Å². The number of nitrogens with zero attached hydrogens (tertiary/aromatic N) is 2. The Morgan fingerprint density at radius 2 is 1.86 bits per heavy atom. The van der Waals surface area contributed by atoms with Crippen LogP contribution >= 0.6 is 0 Å². The fourth-order valence-electron chi connectivity index (χ4n) is 1.95. The molecule has 0 aliphatic rings. The molecule has 0 unspecified atom stereocenters. The summed E-state index contributed by atoms with van der Waals surface area (Å²) in [4.78, 5) is 4.29. The molecule has 0 saturated heterocycles. The molecule has 3 rings (SSSR count). The van der Waals surface area contributed by atoms with Gasteiger partial charge in [0.25, 0.3) is 5.89 Å². The Balaban J connectivity index is 1.97. The van der Waals surface area contributed by atoms with Crippen molar-refractivity contribution in [2.75, 3.05) is 0 Å². The molecule has 1 heterocycles.